The maximum atomic E-state index is 13.4. The third-order valence-electron chi connectivity index (χ3n) is 6.46. The van der Waals surface area contributed by atoms with Gasteiger partial charge in [0.05, 0.1) is 11.0 Å². The number of nitrogens with one attached hydrogen (secondary N) is 1. The molecule has 6 nitrogen and oxygen atoms in total. The lowest BCUT2D eigenvalue weighted by Crippen LogP contribution is -2.18. The summed E-state index contributed by atoms with van der Waals surface area (Å²) >= 11 is 0. The second kappa shape index (κ2) is 7.69. The molecule has 4 aromatic rings. The Morgan fingerprint density at radius 3 is 2.42 bits per heavy atom. The lowest BCUT2D eigenvalue weighted by molar-refractivity contribution is 0.102. The maximum absolute atomic E-state index is 13.4. The Bertz CT molecular complexity index is 1300. The minimum Gasteiger partial charge on any atom is -0.384 e. The highest BCUT2D eigenvalue weighted by atomic mass is 16.1. The van der Waals surface area contributed by atoms with Crippen LogP contribution in [0.15, 0.2) is 42.5 Å². The fourth-order valence-electron chi connectivity index (χ4n) is 4.63. The SMILES string of the molecule is Cc1ccc(NC(=O)c2c(N)n(C3CCCCC3)c3nc4ccccc4nc23)cc1C. The van der Waals surface area contributed by atoms with Crippen LogP contribution in [0.25, 0.3) is 22.2 Å². The van der Waals surface area contributed by atoms with E-state index in [0.29, 0.717) is 22.5 Å². The molecule has 158 valence electrons. The van der Waals surface area contributed by atoms with E-state index in [-0.39, 0.29) is 11.9 Å². The molecule has 0 bridgehead atoms. The van der Waals surface area contributed by atoms with Gasteiger partial charge in [-0.3, -0.25) is 4.79 Å². The molecule has 1 saturated carbocycles. The first-order valence-electron chi connectivity index (χ1n) is 11.0. The number of nitrogens with two attached hydrogens (primary N) is 1. The first kappa shape index (κ1) is 19.5. The summed E-state index contributed by atoms with van der Waals surface area (Å²) in [6.07, 6.45) is 5.65. The average molecular weight is 414 g/mol. The Morgan fingerprint density at radius 1 is 1.00 bits per heavy atom. The van der Waals surface area contributed by atoms with Crippen molar-refractivity contribution in [1.29, 1.82) is 0 Å². The molecule has 1 aliphatic rings. The van der Waals surface area contributed by atoms with Crippen molar-refractivity contribution in [2.75, 3.05) is 11.1 Å². The van der Waals surface area contributed by atoms with Gasteiger partial charge in [-0.2, -0.15) is 0 Å². The van der Waals surface area contributed by atoms with E-state index in [1.54, 1.807) is 0 Å². The summed E-state index contributed by atoms with van der Waals surface area (Å²) in [6.45, 7) is 4.09. The van der Waals surface area contributed by atoms with Gasteiger partial charge in [0, 0.05) is 11.7 Å². The topological polar surface area (TPSA) is 85.8 Å². The van der Waals surface area contributed by atoms with E-state index in [0.717, 1.165) is 48.0 Å². The van der Waals surface area contributed by atoms with Crippen LogP contribution in [-0.2, 0) is 0 Å². The van der Waals surface area contributed by atoms with Gasteiger partial charge < -0.3 is 15.6 Å². The zero-order chi connectivity index (χ0) is 21.5. The number of amides is 1. The van der Waals surface area contributed by atoms with Crippen molar-refractivity contribution < 1.29 is 4.79 Å². The van der Waals surface area contributed by atoms with Crippen molar-refractivity contribution in [3.05, 3.63) is 59.2 Å². The summed E-state index contributed by atoms with van der Waals surface area (Å²) in [5.74, 6) is 0.212. The van der Waals surface area contributed by atoms with Crippen molar-refractivity contribution in [3.63, 3.8) is 0 Å². The first-order chi connectivity index (χ1) is 15.0. The summed E-state index contributed by atoms with van der Waals surface area (Å²) in [5.41, 5.74) is 13.0. The standard InChI is InChI=1S/C25H27N5O/c1-15-12-13-17(14-16(15)2)27-25(31)21-22-24(29-20-11-7-6-10-19(20)28-22)30(23(21)26)18-8-4-3-5-9-18/h6-7,10-14,18H,3-5,8-9,26H2,1-2H3,(H,27,31). The number of rotatable bonds is 3. The van der Waals surface area contributed by atoms with Crippen molar-refractivity contribution in [3.8, 4) is 0 Å². The lowest BCUT2D eigenvalue weighted by Gasteiger charge is -2.25. The lowest BCUT2D eigenvalue weighted by atomic mass is 9.95. The predicted molar refractivity (Wildman–Crippen MR) is 125 cm³/mol. The molecule has 6 heteroatoms. The maximum Gasteiger partial charge on any atom is 0.261 e. The Balaban J connectivity index is 1.67. The van der Waals surface area contributed by atoms with Gasteiger partial charge in [0.25, 0.3) is 5.91 Å². The number of anilines is 2. The Hall–Kier alpha value is -3.41. The first-order valence-corrected chi connectivity index (χ1v) is 11.0. The van der Waals surface area contributed by atoms with E-state index in [1.807, 2.05) is 49.4 Å². The van der Waals surface area contributed by atoms with Crippen LogP contribution >= 0.6 is 0 Å². The number of hydrogen-bond acceptors (Lipinski definition) is 4. The zero-order valence-electron chi connectivity index (χ0n) is 18.0. The quantitative estimate of drug-likeness (QED) is 0.462. The summed E-state index contributed by atoms with van der Waals surface area (Å²) in [6, 6.07) is 13.9. The van der Waals surface area contributed by atoms with Gasteiger partial charge in [-0.05, 0) is 62.1 Å². The van der Waals surface area contributed by atoms with Crippen LogP contribution in [0.5, 0.6) is 0 Å². The molecule has 5 rings (SSSR count). The van der Waals surface area contributed by atoms with E-state index in [9.17, 15) is 4.79 Å². The number of aromatic nitrogens is 3. The molecule has 2 heterocycles. The minimum absolute atomic E-state index is 0.245. The van der Waals surface area contributed by atoms with Gasteiger partial charge >= 0.3 is 0 Å². The van der Waals surface area contributed by atoms with E-state index >= 15 is 0 Å². The Labute approximate surface area is 181 Å². The molecule has 0 atom stereocenters. The third-order valence-corrected chi connectivity index (χ3v) is 6.46. The summed E-state index contributed by atoms with van der Waals surface area (Å²) in [4.78, 5) is 23.1. The number of hydrogen-bond donors (Lipinski definition) is 2. The number of fused-ring (bicyclic) bond motifs is 2. The van der Waals surface area contributed by atoms with E-state index in [4.69, 9.17) is 15.7 Å². The zero-order valence-corrected chi connectivity index (χ0v) is 18.0. The fourth-order valence-corrected chi connectivity index (χ4v) is 4.63. The molecular formula is C25H27N5O. The monoisotopic (exact) mass is 413 g/mol. The highest BCUT2D eigenvalue weighted by Gasteiger charge is 2.28. The number of para-hydroxylation sites is 2. The second-order valence-corrected chi connectivity index (χ2v) is 8.56. The van der Waals surface area contributed by atoms with Crippen molar-refractivity contribution in [2.24, 2.45) is 0 Å². The molecule has 3 N–H and O–H groups in total. The number of nitrogen functional groups attached to an aromatic ring is 1. The Morgan fingerprint density at radius 2 is 1.71 bits per heavy atom. The van der Waals surface area contributed by atoms with Gasteiger partial charge in [-0.1, -0.05) is 37.5 Å². The molecule has 2 aromatic carbocycles. The van der Waals surface area contributed by atoms with Crippen molar-refractivity contribution in [2.45, 2.75) is 52.0 Å². The highest BCUT2D eigenvalue weighted by Crippen LogP contribution is 2.37. The molecule has 0 unspecified atom stereocenters. The predicted octanol–water partition coefficient (Wildman–Crippen LogP) is 5.54. The molecule has 2 aromatic heterocycles. The largest absolute Gasteiger partial charge is 0.384 e. The number of aryl methyl sites for hydroxylation is 2. The number of nitrogens with zero attached hydrogens (tertiary/aromatic N) is 3. The van der Waals surface area contributed by atoms with E-state index in [2.05, 4.69) is 16.8 Å². The van der Waals surface area contributed by atoms with Crippen LogP contribution in [0.1, 0.15) is 59.6 Å². The molecule has 1 amide bonds. The molecule has 1 aliphatic carbocycles. The molecule has 0 spiro atoms. The molecule has 31 heavy (non-hydrogen) atoms. The fraction of sp³-hybridized carbons (Fsp3) is 0.320. The number of carbonyl (C=O) groups excluding carboxylic acids is 1. The average Bonchev–Trinajstić information content (AvgIpc) is 3.06. The number of carbonyl (C=O) groups is 1. The van der Waals surface area contributed by atoms with E-state index in [1.165, 1.54) is 12.0 Å². The molecule has 0 radical (unpaired) electrons. The van der Waals surface area contributed by atoms with Crippen LogP contribution < -0.4 is 11.1 Å². The van der Waals surface area contributed by atoms with Crippen LogP contribution in [-0.4, -0.2) is 20.4 Å². The highest BCUT2D eigenvalue weighted by molar-refractivity contribution is 6.16. The van der Waals surface area contributed by atoms with Crippen molar-refractivity contribution >= 4 is 39.6 Å². The molecule has 0 saturated heterocycles. The summed E-state index contributed by atoms with van der Waals surface area (Å²) in [7, 11) is 0. The Kier molecular flexibility index (Phi) is 4.85. The van der Waals surface area contributed by atoms with Gasteiger partial charge in [-0.25, -0.2) is 9.97 Å². The van der Waals surface area contributed by atoms with Gasteiger partial charge in [0.15, 0.2) is 5.65 Å². The van der Waals surface area contributed by atoms with Crippen LogP contribution in [0.3, 0.4) is 0 Å². The molecule has 1 fully saturated rings. The molecular weight excluding hydrogens is 386 g/mol. The van der Waals surface area contributed by atoms with Crippen LogP contribution in [0.2, 0.25) is 0 Å². The second-order valence-electron chi connectivity index (χ2n) is 8.56. The third kappa shape index (κ3) is 3.42. The van der Waals surface area contributed by atoms with Gasteiger partial charge in [0.2, 0.25) is 0 Å². The van der Waals surface area contributed by atoms with E-state index < -0.39 is 0 Å². The molecule has 0 aliphatic heterocycles. The van der Waals surface area contributed by atoms with Gasteiger partial charge in [0.1, 0.15) is 16.9 Å². The smallest absolute Gasteiger partial charge is 0.261 e. The van der Waals surface area contributed by atoms with Crippen molar-refractivity contribution in [1.82, 2.24) is 14.5 Å². The minimum atomic E-state index is -0.245. The summed E-state index contributed by atoms with van der Waals surface area (Å²) in [5, 5.41) is 3.02. The van der Waals surface area contributed by atoms with Crippen LogP contribution in [0.4, 0.5) is 11.5 Å². The van der Waals surface area contributed by atoms with Gasteiger partial charge in [-0.15, -0.1) is 0 Å². The van der Waals surface area contributed by atoms with Crippen LogP contribution in [0, 0.1) is 13.8 Å². The number of benzene rings is 2. The normalized spacial score (nSPS) is 14.9. The summed E-state index contributed by atoms with van der Waals surface area (Å²) < 4.78 is 2.06.